The van der Waals surface area contributed by atoms with Crippen LogP contribution >= 0.6 is 0 Å². The number of carboxylic acid groups (broad SMARTS) is 1. The first-order valence-electron chi connectivity index (χ1n) is 10.9. The van der Waals surface area contributed by atoms with Crippen LogP contribution in [0.25, 0.3) is 11.0 Å². The van der Waals surface area contributed by atoms with E-state index in [9.17, 15) is 14.7 Å². The third-order valence-corrected chi connectivity index (χ3v) is 5.33. The highest BCUT2D eigenvalue weighted by Gasteiger charge is 2.21. The molecule has 0 saturated carbocycles. The summed E-state index contributed by atoms with van der Waals surface area (Å²) in [7, 11) is 0. The van der Waals surface area contributed by atoms with E-state index in [0.29, 0.717) is 11.1 Å². The Balaban J connectivity index is 1.84. The van der Waals surface area contributed by atoms with Crippen LogP contribution in [0.1, 0.15) is 66.2 Å². The van der Waals surface area contributed by atoms with E-state index in [1.54, 1.807) is 6.26 Å². The van der Waals surface area contributed by atoms with Crippen LogP contribution in [0.4, 0.5) is 0 Å². The van der Waals surface area contributed by atoms with Crippen LogP contribution in [0, 0.1) is 6.92 Å². The number of carbonyl (C=O) groups excluding carboxylic acids is 1. The first-order chi connectivity index (χ1) is 15.2. The minimum Gasteiger partial charge on any atom is -0.479 e. The summed E-state index contributed by atoms with van der Waals surface area (Å²) < 4.78 is 11.2. The molecule has 0 aliphatic carbocycles. The lowest BCUT2D eigenvalue weighted by Crippen LogP contribution is -2.29. The molecule has 2 aromatic carbocycles. The van der Waals surface area contributed by atoms with Crippen molar-refractivity contribution in [3.63, 3.8) is 0 Å². The molecule has 0 aliphatic heterocycles. The van der Waals surface area contributed by atoms with Crippen LogP contribution in [-0.2, 0) is 22.5 Å². The third kappa shape index (κ3) is 5.56. The number of nitrogens with one attached hydrogen (secondary N) is 1. The first kappa shape index (κ1) is 23.5. The van der Waals surface area contributed by atoms with Gasteiger partial charge in [0, 0.05) is 29.5 Å². The number of benzene rings is 2. The van der Waals surface area contributed by atoms with Gasteiger partial charge in [0.2, 0.25) is 0 Å². The van der Waals surface area contributed by atoms with Crippen molar-refractivity contribution in [2.75, 3.05) is 0 Å². The fourth-order valence-electron chi connectivity index (χ4n) is 3.85. The fraction of sp³-hybridized carbons (Fsp3) is 0.385. The highest BCUT2D eigenvalue weighted by atomic mass is 16.5. The Morgan fingerprint density at radius 2 is 1.84 bits per heavy atom. The molecule has 1 aromatic heterocycles. The van der Waals surface area contributed by atoms with Gasteiger partial charge in [-0.3, -0.25) is 4.79 Å². The Bertz CT molecular complexity index is 1110. The summed E-state index contributed by atoms with van der Waals surface area (Å²) in [6.45, 7) is 10.0. The molecule has 32 heavy (non-hydrogen) atoms. The Morgan fingerprint density at radius 1 is 1.09 bits per heavy atom. The molecule has 3 aromatic rings. The van der Waals surface area contributed by atoms with Gasteiger partial charge in [0.15, 0.2) is 6.10 Å². The fourth-order valence-corrected chi connectivity index (χ4v) is 3.85. The molecule has 0 fully saturated rings. The van der Waals surface area contributed by atoms with Gasteiger partial charge in [-0.1, -0.05) is 37.6 Å². The number of carbonyl (C=O) groups is 2. The van der Waals surface area contributed by atoms with Crippen molar-refractivity contribution in [1.29, 1.82) is 0 Å². The number of hydrogen-bond donors (Lipinski definition) is 2. The number of hydrogen-bond acceptors (Lipinski definition) is 4. The van der Waals surface area contributed by atoms with Crippen molar-refractivity contribution in [3.05, 3.63) is 70.5 Å². The maximum Gasteiger partial charge on any atom is 0.333 e. The SMILES string of the molecule is Cc1ccc(C(=O)NCc2cc(CC(OC(C)C)C(=O)O)cc3ccoc23)c(C(C)C)c1. The van der Waals surface area contributed by atoms with Crippen LogP contribution < -0.4 is 5.32 Å². The van der Waals surface area contributed by atoms with Crippen molar-refractivity contribution in [1.82, 2.24) is 5.32 Å². The lowest BCUT2D eigenvalue weighted by atomic mass is 9.94. The van der Waals surface area contributed by atoms with Gasteiger partial charge in [0.1, 0.15) is 5.58 Å². The Hall–Kier alpha value is -3.12. The maximum atomic E-state index is 13.0. The number of rotatable bonds is 9. The maximum absolute atomic E-state index is 13.0. The molecule has 0 aliphatic rings. The summed E-state index contributed by atoms with van der Waals surface area (Å²) in [6, 6.07) is 11.5. The lowest BCUT2D eigenvalue weighted by Gasteiger charge is -2.17. The summed E-state index contributed by atoms with van der Waals surface area (Å²) in [5, 5.41) is 13.4. The van der Waals surface area contributed by atoms with Crippen LogP contribution in [-0.4, -0.2) is 29.2 Å². The molecule has 1 amide bonds. The Labute approximate surface area is 188 Å². The average molecular weight is 438 g/mol. The van der Waals surface area contributed by atoms with Crippen molar-refractivity contribution in [2.24, 2.45) is 0 Å². The number of furan rings is 1. The third-order valence-electron chi connectivity index (χ3n) is 5.33. The van der Waals surface area contributed by atoms with E-state index in [1.807, 2.05) is 57.2 Å². The standard InChI is InChI=1S/C26H31NO5/c1-15(2)22-10-17(5)6-7-21(22)25(28)27-14-20-12-18(11-19-8-9-31-24(19)20)13-23(26(29)30)32-16(3)4/h6-12,15-16,23H,13-14H2,1-5H3,(H,27,28)(H,29,30). The highest BCUT2D eigenvalue weighted by Crippen LogP contribution is 2.25. The minimum absolute atomic E-state index is 0.148. The molecule has 170 valence electrons. The van der Waals surface area contributed by atoms with Crippen LogP contribution in [0.2, 0.25) is 0 Å². The molecular weight excluding hydrogens is 406 g/mol. The van der Waals surface area contributed by atoms with Gasteiger partial charge >= 0.3 is 5.97 Å². The number of carboxylic acids is 1. The van der Waals surface area contributed by atoms with Crippen molar-refractivity contribution in [3.8, 4) is 0 Å². The molecular formula is C26H31NO5. The van der Waals surface area contributed by atoms with Crippen LogP contribution in [0.15, 0.2) is 47.1 Å². The van der Waals surface area contributed by atoms with Crippen LogP contribution in [0.5, 0.6) is 0 Å². The lowest BCUT2D eigenvalue weighted by molar-refractivity contribution is -0.153. The zero-order valence-corrected chi connectivity index (χ0v) is 19.3. The number of aliphatic carboxylic acids is 1. The largest absolute Gasteiger partial charge is 0.479 e. The van der Waals surface area contributed by atoms with E-state index in [4.69, 9.17) is 9.15 Å². The van der Waals surface area contributed by atoms with E-state index in [-0.39, 0.29) is 30.9 Å². The van der Waals surface area contributed by atoms with Gasteiger partial charge < -0.3 is 19.6 Å². The van der Waals surface area contributed by atoms with E-state index >= 15 is 0 Å². The monoisotopic (exact) mass is 437 g/mol. The topological polar surface area (TPSA) is 88.8 Å². The van der Waals surface area contributed by atoms with E-state index in [1.165, 1.54) is 0 Å². The molecule has 6 heteroatoms. The quantitative estimate of drug-likeness (QED) is 0.479. The van der Waals surface area contributed by atoms with Gasteiger partial charge in [-0.05, 0) is 56.0 Å². The second kappa shape index (κ2) is 10.0. The first-order valence-corrected chi connectivity index (χ1v) is 10.9. The molecule has 0 spiro atoms. The molecule has 3 rings (SSSR count). The normalized spacial score (nSPS) is 12.5. The molecule has 1 heterocycles. The molecule has 0 radical (unpaired) electrons. The summed E-state index contributed by atoms with van der Waals surface area (Å²) in [4.78, 5) is 24.6. The molecule has 2 N–H and O–H groups in total. The average Bonchev–Trinajstić information content (AvgIpc) is 3.19. The van der Waals surface area contributed by atoms with E-state index in [0.717, 1.165) is 27.6 Å². The van der Waals surface area contributed by atoms with Crippen molar-refractivity contribution >= 4 is 22.8 Å². The number of amides is 1. The van der Waals surface area contributed by atoms with Crippen LogP contribution in [0.3, 0.4) is 0 Å². The minimum atomic E-state index is -0.999. The molecule has 0 bridgehead atoms. The molecule has 1 unspecified atom stereocenters. The second-order valence-electron chi connectivity index (χ2n) is 8.74. The smallest absolute Gasteiger partial charge is 0.333 e. The predicted molar refractivity (Wildman–Crippen MR) is 124 cm³/mol. The highest BCUT2D eigenvalue weighted by molar-refractivity contribution is 5.96. The van der Waals surface area contributed by atoms with Gasteiger partial charge in [0.25, 0.3) is 5.91 Å². The van der Waals surface area contributed by atoms with E-state index in [2.05, 4.69) is 19.2 Å². The number of fused-ring (bicyclic) bond motifs is 1. The zero-order valence-electron chi connectivity index (χ0n) is 19.3. The van der Waals surface area contributed by atoms with E-state index < -0.39 is 12.1 Å². The Morgan fingerprint density at radius 3 is 2.50 bits per heavy atom. The zero-order chi connectivity index (χ0) is 23.4. The van der Waals surface area contributed by atoms with Gasteiger partial charge in [0.05, 0.1) is 12.4 Å². The Kier molecular flexibility index (Phi) is 7.36. The van der Waals surface area contributed by atoms with Crippen molar-refractivity contribution < 1.29 is 23.8 Å². The molecule has 0 saturated heterocycles. The van der Waals surface area contributed by atoms with Gasteiger partial charge in [-0.25, -0.2) is 4.79 Å². The summed E-state index contributed by atoms with van der Waals surface area (Å²) in [6.07, 6.45) is 0.682. The number of aryl methyl sites for hydroxylation is 1. The number of ether oxygens (including phenoxy) is 1. The summed E-state index contributed by atoms with van der Waals surface area (Å²) in [5.74, 6) is -0.920. The van der Waals surface area contributed by atoms with Gasteiger partial charge in [-0.2, -0.15) is 0 Å². The summed E-state index contributed by atoms with van der Waals surface area (Å²) in [5.41, 5.74) is 5.07. The summed E-state index contributed by atoms with van der Waals surface area (Å²) >= 11 is 0. The van der Waals surface area contributed by atoms with Gasteiger partial charge in [-0.15, -0.1) is 0 Å². The molecule has 1 atom stereocenters. The molecule has 6 nitrogen and oxygen atoms in total. The predicted octanol–water partition coefficient (Wildman–Crippen LogP) is 5.22. The second-order valence-corrected chi connectivity index (χ2v) is 8.74. The van der Waals surface area contributed by atoms with Crippen molar-refractivity contribution in [2.45, 2.75) is 65.7 Å².